The summed E-state index contributed by atoms with van der Waals surface area (Å²) in [4.78, 5) is 33.2. The third-order valence-corrected chi connectivity index (χ3v) is 8.37. The highest BCUT2D eigenvalue weighted by Crippen LogP contribution is 2.33. The molecule has 0 radical (unpaired) electrons. The largest absolute Gasteiger partial charge is 0.322 e. The molecule has 0 unspecified atom stereocenters. The fraction of sp³-hybridized carbons (Fsp3) is 0.115. The van der Waals surface area contributed by atoms with Gasteiger partial charge in [-0.3, -0.25) is 14.2 Å². The van der Waals surface area contributed by atoms with E-state index in [-0.39, 0.29) is 11.5 Å². The standard InChI is InChI=1S/C26H20BrN3O2S2/c1-15-10-11-17(13-19(15)27)14-21-25(32)30-23(20-9-6-12-33-20)22(16(2)28-26(30)34-21)24(31)29-18-7-4-3-5-8-18/h3-14,23H,1-2H3,(H,29,31)/b21-14-/t23-/m1/s1. The number of anilines is 1. The van der Waals surface area contributed by atoms with Crippen molar-refractivity contribution in [1.82, 2.24) is 4.57 Å². The minimum absolute atomic E-state index is 0.156. The van der Waals surface area contributed by atoms with Crippen LogP contribution in [0.2, 0.25) is 0 Å². The Balaban J connectivity index is 1.65. The van der Waals surface area contributed by atoms with Crippen molar-refractivity contribution in [3.8, 4) is 0 Å². The number of rotatable bonds is 4. The fourth-order valence-electron chi connectivity index (χ4n) is 3.90. The number of nitrogens with zero attached hydrogens (tertiary/aromatic N) is 2. The molecule has 1 N–H and O–H groups in total. The molecule has 2 aromatic heterocycles. The Morgan fingerprint density at radius 2 is 1.91 bits per heavy atom. The van der Waals surface area contributed by atoms with E-state index in [4.69, 9.17) is 0 Å². The van der Waals surface area contributed by atoms with E-state index in [2.05, 4.69) is 26.2 Å². The van der Waals surface area contributed by atoms with Gasteiger partial charge < -0.3 is 5.32 Å². The molecule has 2 aromatic carbocycles. The molecular formula is C26H20BrN3O2S2. The molecular weight excluding hydrogens is 530 g/mol. The quantitative estimate of drug-likeness (QED) is 0.389. The van der Waals surface area contributed by atoms with Crippen molar-refractivity contribution in [3.05, 3.63) is 117 Å². The summed E-state index contributed by atoms with van der Waals surface area (Å²) in [6, 6.07) is 18.6. The summed E-state index contributed by atoms with van der Waals surface area (Å²) in [7, 11) is 0. The SMILES string of the molecule is CC1=C(C(=O)Nc2ccccc2)[C@@H](c2cccs2)n2c(s/c(=C\c3ccc(C)c(Br)c3)c2=O)=N1. The molecule has 5 rings (SSSR count). The van der Waals surface area contributed by atoms with Gasteiger partial charge >= 0.3 is 0 Å². The number of carbonyl (C=O) groups excluding carboxylic acids is 1. The van der Waals surface area contributed by atoms with Gasteiger partial charge in [-0.05, 0) is 60.7 Å². The van der Waals surface area contributed by atoms with Crippen LogP contribution in [0.5, 0.6) is 0 Å². The van der Waals surface area contributed by atoms with Crippen molar-refractivity contribution in [2.45, 2.75) is 19.9 Å². The second-order valence-corrected chi connectivity index (χ2v) is 10.8. The number of aryl methyl sites for hydroxylation is 1. The lowest BCUT2D eigenvalue weighted by Gasteiger charge is -2.24. The number of carbonyl (C=O) groups is 1. The topological polar surface area (TPSA) is 63.5 Å². The lowest BCUT2D eigenvalue weighted by atomic mass is 10.0. The van der Waals surface area contributed by atoms with Gasteiger partial charge in [-0.2, -0.15) is 0 Å². The van der Waals surface area contributed by atoms with E-state index in [9.17, 15) is 9.59 Å². The summed E-state index contributed by atoms with van der Waals surface area (Å²) < 4.78 is 3.22. The van der Waals surface area contributed by atoms with E-state index in [1.807, 2.05) is 86.0 Å². The average Bonchev–Trinajstić information content (AvgIpc) is 3.45. The number of thiophene rings is 1. The van der Waals surface area contributed by atoms with Crippen LogP contribution in [0.15, 0.2) is 91.6 Å². The van der Waals surface area contributed by atoms with Crippen molar-refractivity contribution in [1.29, 1.82) is 0 Å². The molecule has 1 amide bonds. The van der Waals surface area contributed by atoms with Gasteiger partial charge in [0.15, 0.2) is 4.80 Å². The van der Waals surface area contributed by atoms with Crippen LogP contribution in [-0.4, -0.2) is 10.5 Å². The molecule has 0 saturated heterocycles. The number of aromatic nitrogens is 1. The van der Waals surface area contributed by atoms with Gasteiger partial charge in [0.05, 0.1) is 15.8 Å². The number of hydrogen-bond acceptors (Lipinski definition) is 5. The number of fused-ring (bicyclic) bond motifs is 1. The third kappa shape index (κ3) is 4.24. The second-order valence-electron chi connectivity index (χ2n) is 7.93. The lowest BCUT2D eigenvalue weighted by Crippen LogP contribution is -2.40. The van der Waals surface area contributed by atoms with Gasteiger partial charge in [0.25, 0.3) is 11.5 Å². The molecule has 5 nitrogen and oxygen atoms in total. The zero-order valence-electron chi connectivity index (χ0n) is 18.4. The fourth-order valence-corrected chi connectivity index (χ4v) is 6.16. The smallest absolute Gasteiger partial charge is 0.271 e. The molecule has 0 fully saturated rings. The molecule has 3 heterocycles. The maximum Gasteiger partial charge on any atom is 0.271 e. The van der Waals surface area contributed by atoms with Crippen LogP contribution >= 0.6 is 38.6 Å². The normalized spacial score (nSPS) is 15.7. The first-order chi connectivity index (χ1) is 16.4. The van der Waals surface area contributed by atoms with Gasteiger partial charge in [0, 0.05) is 15.0 Å². The summed E-state index contributed by atoms with van der Waals surface area (Å²) in [5, 5.41) is 4.92. The Bertz CT molecular complexity index is 1600. The van der Waals surface area contributed by atoms with Gasteiger partial charge in [-0.15, -0.1) is 11.3 Å². The first kappa shape index (κ1) is 22.7. The second kappa shape index (κ2) is 9.29. The molecule has 4 aromatic rings. The molecule has 1 aliphatic heterocycles. The predicted octanol–water partition coefficient (Wildman–Crippen LogP) is 5.01. The average molecular weight is 551 g/mol. The number of allylic oxidation sites excluding steroid dienone is 1. The van der Waals surface area contributed by atoms with Gasteiger partial charge in [-0.1, -0.05) is 63.7 Å². The Kier molecular flexibility index (Phi) is 6.20. The monoisotopic (exact) mass is 549 g/mol. The highest BCUT2D eigenvalue weighted by atomic mass is 79.9. The predicted molar refractivity (Wildman–Crippen MR) is 142 cm³/mol. The van der Waals surface area contributed by atoms with Crippen LogP contribution in [0.3, 0.4) is 0 Å². The number of benzene rings is 2. The van der Waals surface area contributed by atoms with Crippen molar-refractivity contribution in [3.63, 3.8) is 0 Å². The summed E-state index contributed by atoms with van der Waals surface area (Å²) in [5.74, 6) is -0.261. The summed E-state index contributed by atoms with van der Waals surface area (Å²) >= 11 is 6.42. The third-order valence-electron chi connectivity index (χ3n) is 5.60. The van der Waals surface area contributed by atoms with E-state index in [1.165, 1.54) is 22.7 Å². The van der Waals surface area contributed by atoms with Crippen LogP contribution in [0, 0.1) is 6.92 Å². The van der Waals surface area contributed by atoms with Crippen LogP contribution in [0.1, 0.15) is 29.0 Å². The molecule has 0 aliphatic carbocycles. The van der Waals surface area contributed by atoms with E-state index < -0.39 is 6.04 Å². The first-order valence-electron chi connectivity index (χ1n) is 10.6. The molecule has 0 bridgehead atoms. The van der Waals surface area contributed by atoms with E-state index in [0.29, 0.717) is 26.3 Å². The molecule has 0 spiro atoms. The zero-order valence-corrected chi connectivity index (χ0v) is 21.6. The molecule has 1 atom stereocenters. The van der Waals surface area contributed by atoms with Crippen LogP contribution < -0.4 is 20.2 Å². The van der Waals surface area contributed by atoms with Crippen molar-refractivity contribution in [2.24, 2.45) is 4.99 Å². The van der Waals surface area contributed by atoms with Crippen LogP contribution in [-0.2, 0) is 4.79 Å². The molecule has 1 aliphatic rings. The van der Waals surface area contributed by atoms with E-state index >= 15 is 0 Å². The zero-order chi connectivity index (χ0) is 23.8. The maximum atomic E-state index is 13.6. The summed E-state index contributed by atoms with van der Waals surface area (Å²) in [6.07, 6.45) is 1.88. The number of amides is 1. The number of nitrogens with one attached hydrogen (secondary N) is 1. The molecule has 170 valence electrons. The molecule has 8 heteroatoms. The van der Waals surface area contributed by atoms with Gasteiger partial charge in [-0.25, -0.2) is 4.99 Å². The summed E-state index contributed by atoms with van der Waals surface area (Å²) in [5.41, 5.74) is 3.67. The van der Waals surface area contributed by atoms with Crippen molar-refractivity contribution < 1.29 is 4.79 Å². The Hall–Kier alpha value is -3.07. The first-order valence-corrected chi connectivity index (χ1v) is 13.1. The lowest BCUT2D eigenvalue weighted by molar-refractivity contribution is -0.113. The number of hydrogen-bond donors (Lipinski definition) is 1. The highest BCUT2D eigenvalue weighted by molar-refractivity contribution is 9.10. The van der Waals surface area contributed by atoms with Gasteiger partial charge in [0.1, 0.15) is 6.04 Å². The maximum absolute atomic E-state index is 13.6. The molecule has 34 heavy (non-hydrogen) atoms. The Morgan fingerprint density at radius 1 is 1.12 bits per heavy atom. The highest BCUT2D eigenvalue weighted by Gasteiger charge is 2.33. The van der Waals surface area contributed by atoms with E-state index in [0.717, 1.165) is 20.5 Å². The minimum atomic E-state index is -0.535. The number of halogens is 1. The van der Waals surface area contributed by atoms with Crippen LogP contribution in [0.4, 0.5) is 5.69 Å². The Morgan fingerprint density at radius 3 is 2.62 bits per heavy atom. The van der Waals surface area contributed by atoms with Crippen molar-refractivity contribution >= 4 is 56.3 Å². The summed E-state index contributed by atoms with van der Waals surface area (Å²) in [6.45, 7) is 3.85. The van der Waals surface area contributed by atoms with E-state index in [1.54, 1.807) is 4.57 Å². The number of thiazole rings is 1. The molecule has 0 saturated carbocycles. The minimum Gasteiger partial charge on any atom is -0.322 e. The Labute approximate surface area is 212 Å². The number of para-hydroxylation sites is 1. The van der Waals surface area contributed by atoms with Crippen LogP contribution in [0.25, 0.3) is 6.08 Å². The van der Waals surface area contributed by atoms with Crippen molar-refractivity contribution in [2.75, 3.05) is 5.32 Å². The van der Waals surface area contributed by atoms with Gasteiger partial charge in [0.2, 0.25) is 0 Å².